The van der Waals surface area contributed by atoms with Crippen LogP contribution in [0.25, 0.3) is 11.6 Å². The van der Waals surface area contributed by atoms with Gasteiger partial charge in [0.1, 0.15) is 16.7 Å². The van der Waals surface area contributed by atoms with E-state index in [1.54, 1.807) is 23.2 Å². The third kappa shape index (κ3) is 4.48. The van der Waals surface area contributed by atoms with Crippen LogP contribution in [0.2, 0.25) is 0 Å². The molecule has 1 aliphatic rings. The highest BCUT2D eigenvalue weighted by Gasteiger charge is 2.24. The minimum atomic E-state index is -0.336. The molecule has 0 amide bonds. The van der Waals surface area contributed by atoms with E-state index in [9.17, 15) is 9.59 Å². The molecule has 0 N–H and O–H groups in total. The van der Waals surface area contributed by atoms with Crippen LogP contribution in [-0.2, 0) is 25.9 Å². The predicted octanol–water partition coefficient (Wildman–Crippen LogP) is 2.50. The molecule has 4 rings (SSSR count). The van der Waals surface area contributed by atoms with Crippen molar-refractivity contribution in [2.75, 3.05) is 0 Å². The standard InChI is InChI=1S/C20H22ClN7O3/c1-2-3-9-27-17-13(11-15(21)24-17)19(29)28(20(27)30)10-5-4-6-16-25-18(31-26-16)14-12-22-7-8-23-14/h7-8,12H,2-6,9-11H2,1H3. The maximum atomic E-state index is 12.9. The van der Waals surface area contributed by atoms with Gasteiger partial charge in [0, 0.05) is 38.3 Å². The van der Waals surface area contributed by atoms with Crippen molar-refractivity contribution in [2.24, 2.45) is 4.99 Å². The number of hydrogen-bond donors (Lipinski definition) is 0. The first-order chi connectivity index (χ1) is 15.1. The van der Waals surface area contributed by atoms with Gasteiger partial charge in [-0.3, -0.25) is 18.9 Å². The number of aromatic nitrogens is 6. The fraction of sp³-hybridized carbons (Fsp3) is 0.450. The third-order valence-electron chi connectivity index (χ3n) is 5.06. The zero-order chi connectivity index (χ0) is 21.8. The quantitative estimate of drug-likeness (QED) is 0.465. The van der Waals surface area contributed by atoms with Gasteiger partial charge >= 0.3 is 5.69 Å². The van der Waals surface area contributed by atoms with Crippen LogP contribution in [0, 0.1) is 0 Å². The fourth-order valence-corrected chi connectivity index (χ4v) is 3.68. The molecular formula is C20H22ClN7O3. The number of unbranched alkanes of at least 4 members (excludes halogenated alkanes) is 2. The number of nitrogens with zero attached hydrogens (tertiary/aromatic N) is 7. The molecule has 4 heterocycles. The van der Waals surface area contributed by atoms with Crippen molar-refractivity contribution >= 4 is 22.6 Å². The van der Waals surface area contributed by atoms with Gasteiger partial charge in [0.15, 0.2) is 5.82 Å². The summed E-state index contributed by atoms with van der Waals surface area (Å²) in [5.41, 5.74) is 0.361. The third-order valence-corrected chi connectivity index (χ3v) is 5.28. The summed E-state index contributed by atoms with van der Waals surface area (Å²) in [7, 11) is 0. The average Bonchev–Trinajstić information content (AvgIpc) is 3.40. The van der Waals surface area contributed by atoms with E-state index in [0.29, 0.717) is 66.3 Å². The minimum Gasteiger partial charge on any atom is -0.332 e. The summed E-state index contributed by atoms with van der Waals surface area (Å²) in [4.78, 5) is 42.4. The Hall–Kier alpha value is -3.14. The smallest absolute Gasteiger partial charge is 0.332 e. The van der Waals surface area contributed by atoms with Crippen molar-refractivity contribution in [2.45, 2.75) is 58.5 Å². The first-order valence-electron chi connectivity index (χ1n) is 10.3. The molecule has 0 bridgehead atoms. The minimum absolute atomic E-state index is 0.274. The SMILES string of the molecule is CCCCn1c2c(c(=O)n(CCCCc3noc(-c4cnccn4)n3)c1=O)CC(Cl)=N2. The van der Waals surface area contributed by atoms with E-state index < -0.39 is 0 Å². The molecule has 162 valence electrons. The molecule has 0 fully saturated rings. The summed E-state index contributed by atoms with van der Waals surface area (Å²) in [6, 6.07) is 0. The molecule has 0 saturated carbocycles. The Morgan fingerprint density at radius 2 is 1.97 bits per heavy atom. The molecule has 0 saturated heterocycles. The van der Waals surface area contributed by atoms with Crippen LogP contribution < -0.4 is 11.2 Å². The van der Waals surface area contributed by atoms with E-state index in [-0.39, 0.29) is 17.7 Å². The van der Waals surface area contributed by atoms with Gasteiger partial charge in [0.25, 0.3) is 11.4 Å². The Balaban J connectivity index is 1.44. The first kappa shape index (κ1) is 21.1. The molecule has 31 heavy (non-hydrogen) atoms. The van der Waals surface area contributed by atoms with Crippen LogP contribution >= 0.6 is 11.6 Å². The van der Waals surface area contributed by atoms with Gasteiger partial charge in [-0.25, -0.2) is 14.8 Å². The number of fused-ring (bicyclic) bond motifs is 1. The van der Waals surface area contributed by atoms with E-state index in [2.05, 4.69) is 25.1 Å². The molecule has 3 aromatic heterocycles. The molecule has 0 spiro atoms. The van der Waals surface area contributed by atoms with E-state index in [0.717, 1.165) is 12.8 Å². The highest BCUT2D eigenvalue weighted by Crippen LogP contribution is 2.24. The normalized spacial score (nSPS) is 12.8. The van der Waals surface area contributed by atoms with Crippen molar-refractivity contribution in [1.82, 2.24) is 29.2 Å². The predicted molar refractivity (Wildman–Crippen MR) is 115 cm³/mol. The topological polar surface area (TPSA) is 121 Å². The molecular weight excluding hydrogens is 422 g/mol. The van der Waals surface area contributed by atoms with Gasteiger partial charge < -0.3 is 4.52 Å². The average molecular weight is 444 g/mol. The summed E-state index contributed by atoms with van der Waals surface area (Å²) in [5.74, 6) is 1.27. The molecule has 1 aliphatic heterocycles. The van der Waals surface area contributed by atoms with Gasteiger partial charge in [-0.15, -0.1) is 0 Å². The monoisotopic (exact) mass is 443 g/mol. The number of aryl methyl sites for hydroxylation is 1. The lowest BCUT2D eigenvalue weighted by atomic mass is 10.2. The molecule has 0 unspecified atom stereocenters. The molecule has 10 nitrogen and oxygen atoms in total. The zero-order valence-corrected chi connectivity index (χ0v) is 17.9. The number of rotatable bonds is 9. The highest BCUT2D eigenvalue weighted by atomic mass is 35.5. The Morgan fingerprint density at radius 3 is 2.74 bits per heavy atom. The van der Waals surface area contributed by atoms with Gasteiger partial charge in [0.05, 0.1) is 11.8 Å². The largest absolute Gasteiger partial charge is 0.332 e. The second-order valence-corrected chi connectivity index (χ2v) is 7.71. The van der Waals surface area contributed by atoms with Crippen molar-refractivity contribution in [3.05, 3.63) is 50.8 Å². The Labute approximate surface area is 182 Å². The first-order valence-corrected chi connectivity index (χ1v) is 10.6. The number of halogens is 1. The van der Waals surface area contributed by atoms with E-state index >= 15 is 0 Å². The lowest BCUT2D eigenvalue weighted by Gasteiger charge is -2.13. The maximum absolute atomic E-state index is 12.9. The Morgan fingerprint density at radius 1 is 1.13 bits per heavy atom. The molecule has 0 aromatic carbocycles. The van der Waals surface area contributed by atoms with E-state index in [1.165, 1.54) is 4.57 Å². The second kappa shape index (κ2) is 9.34. The van der Waals surface area contributed by atoms with Crippen molar-refractivity contribution in [3.63, 3.8) is 0 Å². The number of hydrogen-bond acceptors (Lipinski definition) is 8. The summed E-state index contributed by atoms with van der Waals surface area (Å²) < 4.78 is 8.08. The van der Waals surface area contributed by atoms with Crippen molar-refractivity contribution in [1.29, 1.82) is 0 Å². The van der Waals surface area contributed by atoms with Gasteiger partial charge in [-0.05, 0) is 19.3 Å². The molecule has 0 aliphatic carbocycles. The van der Waals surface area contributed by atoms with Crippen LogP contribution in [0.3, 0.4) is 0 Å². The molecule has 3 aromatic rings. The van der Waals surface area contributed by atoms with Crippen molar-refractivity contribution in [3.8, 4) is 11.6 Å². The lowest BCUT2D eigenvalue weighted by molar-refractivity contribution is 0.419. The van der Waals surface area contributed by atoms with Crippen LogP contribution in [-0.4, -0.2) is 34.4 Å². The van der Waals surface area contributed by atoms with Gasteiger partial charge in [-0.1, -0.05) is 30.1 Å². The Bertz CT molecular complexity index is 1210. The summed E-state index contributed by atoms with van der Waals surface area (Å²) in [6.45, 7) is 2.87. The zero-order valence-electron chi connectivity index (χ0n) is 17.1. The van der Waals surface area contributed by atoms with Gasteiger partial charge in [0.2, 0.25) is 0 Å². The molecule has 11 heteroatoms. The van der Waals surface area contributed by atoms with Crippen LogP contribution in [0.1, 0.15) is 44.0 Å². The number of aliphatic imine (C=N–C) groups is 1. The summed E-state index contributed by atoms with van der Waals surface area (Å²) in [5, 5.41) is 4.30. The Kier molecular flexibility index (Phi) is 6.36. The van der Waals surface area contributed by atoms with Crippen LogP contribution in [0.15, 0.2) is 37.7 Å². The lowest BCUT2D eigenvalue weighted by Crippen LogP contribution is -2.41. The highest BCUT2D eigenvalue weighted by molar-refractivity contribution is 6.66. The summed E-state index contributed by atoms with van der Waals surface area (Å²) in [6.07, 6.45) is 8.56. The fourth-order valence-electron chi connectivity index (χ4n) is 3.46. The molecule has 0 atom stereocenters. The van der Waals surface area contributed by atoms with Crippen LogP contribution in [0.4, 0.5) is 5.82 Å². The van der Waals surface area contributed by atoms with E-state index in [4.69, 9.17) is 16.1 Å². The summed E-state index contributed by atoms with van der Waals surface area (Å²) >= 11 is 6.06. The van der Waals surface area contributed by atoms with Gasteiger partial charge in [-0.2, -0.15) is 4.98 Å². The maximum Gasteiger partial charge on any atom is 0.332 e. The van der Waals surface area contributed by atoms with Crippen LogP contribution in [0.5, 0.6) is 0 Å². The molecule has 0 radical (unpaired) electrons. The van der Waals surface area contributed by atoms with Crippen molar-refractivity contribution < 1.29 is 4.52 Å². The van der Waals surface area contributed by atoms with E-state index in [1.807, 2.05) is 6.92 Å². The second-order valence-electron chi connectivity index (χ2n) is 7.28.